The highest BCUT2D eigenvalue weighted by Gasteiger charge is 2.28. The molecule has 0 aliphatic carbocycles. The van der Waals surface area contributed by atoms with E-state index in [1.54, 1.807) is 12.4 Å². The molecule has 1 amide bonds. The molecule has 6 heteroatoms. The SMILES string of the molecule is O=C([C@@H]1CCCNC1)N1CCN(c2ncccn2)CC1. The van der Waals surface area contributed by atoms with Crippen molar-refractivity contribution in [2.75, 3.05) is 44.2 Å². The van der Waals surface area contributed by atoms with E-state index in [1.807, 2.05) is 11.0 Å². The highest BCUT2D eigenvalue weighted by Crippen LogP contribution is 2.16. The Labute approximate surface area is 119 Å². The Kier molecular flexibility index (Phi) is 4.11. The molecule has 6 nitrogen and oxygen atoms in total. The lowest BCUT2D eigenvalue weighted by molar-refractivity contribution is -0.136. The average Bonchev–Trinajstić information content (AvgIpc) is 2.56. The number of carbonyl (C=O) groups is 1. The molecule has 20 heavy (non-hydrogen) atoms. The molecule has 0 spiro atoms. The lowest BCUT2D eigenvalue weighted by Crippen LogP contribution is -2.52. The number of piperazine rings is 1. The molecule has 0 aromatic carbocycles. The number of nitrogens with zero attached hydrogens (tertiary/aromatic N) is 4. The van der Waals surface area contributed by atoms with Crippen molar-refractivity contribution < 1.29 is 4.79 Å². The van der Waals surface area contributed by atoms with Crippen LogP contribution in [0.2, 0.25) is 0 Å². The monoisotopic (exact) mass is 275 g/mol. The third-order valence-corrected chi connectivity index (χ3v) is 4.07. The summed E-state index contributed by atoms with van der Waals surface area (Å²) in [5.74, 6) is 1.24. The fraction of sp³-hybridized carbons (Fsp3) is 0.643. The molecule has 2 fully saturated rings. The maximum absolute atomic E-state index is 12.4. The summed E-state index contributed by atoms with van der Waals surface area (Å²) < 4.78 is 0. The van der Waals surface area contributed by atoms with E-state index in [1.165, 1.54) is 0 Å². The van der Waals surface area contributed by atoms with Crippen molar-refractivity contribution in [3.63, 3.8) is 0 Å². The maximum atomic E-state index is 12.4. The highest BCUT2D eigenvalue weighted by molar-refractivity contribution is 5.79. The number of hydrogen-bond acceptors (Lipinski definition) is 5. The van der Waals surface area contributed by atoms with Gasteiger partial charge in [-0.1, -0.05) is 0 Å². The van der Waals surface area contributed by atoms with Crippen LogP contribution in [0.15, 0.2) is 18.5 Å². The zero-order chi connectivity index (χ0) is 13.8. The smallest absolute Gasteiger partial charge is 0.227 e. The summed E-state index contributed by atoms with van der Waals surface area (Å²) >= 11 is 0. The molecule has 2 saturated heterocycles. The first-order chi connectivity index (χ1) is 9.84. The molecular formula is C14H21N5O. The second kappa shape index (κ2) is 6.17. The molecule has 0 bridgehead atoms. The molecule has 0 unspecified atom stereocenters. The summed E-state index contributed by atoms with van der Waals surface area (Å²) in [4.78, 5) is 25.1. The van der Waals surface area contributed by atoms with E-state index in [9.17, 15) is 4.79 Å². The van der Waals surface area contributed by atoms with Gasteiger partial charge in [0, 0.05) is 45.1 Å². The Morgan fingerprint density at radius 1 is 1.20 bits per heavy atom. The van der Waals surface area contributed by atoms with E-state index in [4.69, 9.17) is 0 Å². The first kappa shape index (κ1) is 13.3. The Morgan fingerprint density at radius 3 is 2.60 bits per heavy atom. The van der Waals surface area contributed by atoms with Crippen LogP contribution in [0.4, 0.5) is 5.95 Å². The summed E-state index contributed by atoms with van der Waals surface area (Å²) in [7, 11) is 0. The van der Waals surface area contributed by atoms with E-state index in [0.717, 1.165) is 58.1 Å². The lowest BCUT2D eigenvalue weighted by Gasteiger charge is -2.37. The van der Waals surface area contributed by atoms with E-state index >= 15 is 0 Å². The van der Waals surface area contributed by atoms with Gasteiger partial charge >= 0.3 is 0 Å². The molecule has 1 aromatic heterocycles. The van der Waals surface area contributed by atoms with Crippen LogP contribution in [0.5, 0.6) is 0 Å². The summed E-state index contributed by atoms with van der Waals surface area (Å²) in [6.45, 7) is 5.05. The Morgan fingerprint density at radius 2 is 1.95 bits per heavy atom. The fourth-order valence-corrected chi connectivity index (χ4v) is 2.90. The molecule has 3 rings (SSSR count). The van der Waals surface area contributed by atoms with Crippen molar-refractivity contribution in [1.82, 2.24) is 20.2 Å². The summed E-state index contributed by atoms with van der Waals surface area (Å²) in [6.07, 6.45) is 5.64. The van der Waals surface area contributed by atoms with Gasteiger partial charge in [-0.3, -0.25) is 4.79 Å². The van der Waals surface area contributed by atoms with Crippen LogP contribution in [-0.4, -0.2) is 60.0 Å². The van der Waals surface area contributed by atoms with Crippen LogP contribution in [0.3, 0.4) is 0 Å². The van der Waals surface area contributed by atoms with E-state index in [-0.39, 0.29) is 5.92 Å². The predicted molar refractivity (Wildman–Crippen MR) is 76.4 cm³/mol. The minimum atomic E-state index is 0.170. The van der Waals surface area contributed by atoms with Gasteiger partial charge < -0.3 is 15.1 Å². The minimum absolute atomic E-state index is 0.170. The van der Waals surface area contributed by atoms with Crippen LogP contribution in [0, 0.1) is 5.92 Å². The molecule has 1 aromatic rings. The Bertz CT molecular complexity index is 438. The van der Waals surface area contributed by atoms with Gasteiger partial charge in [-0.05, 0) is 25.5 Å². The van der Waals surface area contributed by atoms with E-state index in [0.29, 0.717) is 5.91 Å². The van der Waals surface area contributed by atoms with Gasteiger partial charge in [0.2, 0.25) is 11.9 Å². The molecule has 2 aliphatic heterocycles. The summed E-state index contributed by atoms with van der Waals surface area (Å²) in [6, 6.07) is 1.82. The number of piperidine rings is 1. The summed E-state index contributed by atoms with van der Waals surface area (Å²) in [5, 5.41) is 3.31. The summed E-state index contributed by atoms with van der Waals surface area (Å²) in [5.41, 5.74) is 0. The van der Waals surface area contributed by atoms with Gasteiger partial charge in [-0.25, -0.2) is 9.97 Å². The average molecular weight is 275 g/mol. The van der Waals surface area contributed by atoms with Crippen LogP contribution in [0.1, 0.15) is 12.8 Å². The largest absolute Gasteiger partial charge is 0.339 e. The van der Waals surface area contributed by atoms with Crippen molar-refractivity contribution >= 4 is 11.9 Å². The normalized spacial score (nSPS) is 23.7. The number of carbonyl (C=O) groups excluding carboxylic acids is 1. The number of nitrogens with one attached hydrogen (secondary N) is 1. The van der Waals surface area contributed by atoms with Crippen molar-refractivity contribution in [3.8, 4) is 0 Å². The molecule has 3 heterocycles. The first-order valence-electron chi connectivity index (χ1n) is 7.36. The van der Waals surface area contributed by atoms with Gasteiger partial charge in [0.1, 0.15) is 0 Å². The first-order valence-corrected chi connectivity index (χ1v) is 7.36. The molecular weight excluding hydrogens is 254 g/mol. The second-order valence-electron chi connectivity index (χ2n) is 5.40. The third kappa shape index (κ3) is 2.90. The fourth-order valence-electron chi connectivity index (χ4n) is 2.90. The van der Waals surface area contributed by atoms with Gasteiger partial charge in [0.15, 0.2) is 0 Å². The highest BCUT2D eigenvalue weighted by atomic mass is 16.2. The lowest BCUT2D eigenvalue weighted by atomic mass is 9.98. The van der Waals surface area contributed by atoms with E-state index < -0.39 is 0 Å². The van der Waals surface area contributed by atoms with Gasteiger partial charge in [0.05, 0.1) is 5.92 Å². The Hall–Kier alpha value is -1.69. The van der Waals surface area contributed by atoms with Gasteiger partial charge in [-0.15, -0.1) is 0 Å². The number of anilines is 1. The van der Waals surface area contributed by atoms with Crippen LogP contribution in [-0.2, 0) is 4.79 Å². The minimum Gasteiger partial charge on any atom is -0.339 e. The number of amides is 1. The van der Waals surface area contributed by atoms with Crippen molar-refractivity contribution in [1.29, 1.82) is 0 Å². The number of rotatable bonds is 2. The van der Waals surface area contributed by atoms with Gasteiger partial charge in [-0.2, -0.15) is 0 Å². The second-order valence-corrected chi connectivity index (χ2v) is 5.40. The molecule has 0 radical (unpaired) electrons. The zero-order valence-electron chi connectivity index (χ0n) is 11.7. The van der Waals surface area contributed by atoms with Crippen molar-refractivity contribution in [2.24, 2.45) is 5.92 Å². The van der Waals surface area contributed by atoms with Crippen LogP contribution >= 0.6 is 0 Å². The van der Waals surface area contributed by atoms with Crippen LogP contribution < -0.4 is 10.2 Å². The molecule has 2 aliphatic rings. The van der Waals surface area contributed by atoms with Crippen molar-refractivity contribution in [2.45, 2.75) is 12.8 Å². The van der Waals surface area contributed by atoms with Crippen LogP contribution in [0.25, 0.3) is 0 Å². The third-order valence-electron chi connectivity index (χ3n) is 4.07. The standard InChI is InChI=1S/C14H21N5O/c20-13(12-3-1-4-15-11-12)18-7-9-19(10-8-18)14-16-5-2-6-17-14/h2,5-6,12,15H,1,3-4,7-11H2/t12-/m1/s1. The quantitative estimate of drug-likeness (QED) is 0.831. The topological polar surface area (TPSA) is 61.4 Å². The molecule has 108 valence electrons. The molecule has 0 saturated carbocycles. The van der Waals surface area contributed by atoms with Crippen molar-refractivity contribution in [3.05, 3.63) is 18.5 Å². The van der Waals surface area contributed by atoms with Gasteiger partial charge in [0.25, 0.3) is 0 Å². The predicted octanol–water partition coefficient (Wildman–Crippen LogP) is 0.125. The maximum Gasteiger partial charge on any atom is 0.227 e. The zero-order valence-corrected chi connectivity index (χ0v) is 11.7. The number of aromatic nitrogens is 2. The van der Waals surface area contributed by atoms with E-state index in [2.05, 4.69) is 20.2 Å². The molecule has 1 N–H and O–H groups in total. The Balaban J connectivity index is 1.54. The number of hydrogen-bond donors (Lipinski definition) is 1. The molecule has 1 atom stereocenters.